The monoisotopic (exact) mass is 359 g/mol. The summed E-state index contributed by atoms with van der Waals surface area (Å²) in [5.41, 5.74) is 0.905. The van der Waals surface area contributed by atoms with Crippen molar-refractivity contribution in [2.24, 2.45) is 0 Å². The molecule has 0 fully saturated rings. The number of ether oxygens (including phenoxy) is 1. The van der Waals surface area contributed by atoms with Crippen molar-refractivity contribution in [3.63, 3.8) is 0 Å². The van der Waals surface area contributed by atoms with Crippen LogP contribution in [0.2, 0.25) is 10.0 Å². The van der Waals surface area contributed by atoms with Crippen LogP contribution in [0, 0.1) is 0 Å². The zero-order valence-corrected chi connectivity index (χ0v) is 13.3. The molecule has 0 radical (unpaired) electrons. The Morgan fingerprint density at radius 3 is 2.63 bits per heavy atom. The Morgan fingerprint density at radius 2 is 1.89 bits per heavy atom. The normalized spacial score (nSPS) is 10.5. The van der Waals surface area contributed by atoms with E-state index in [-0.39, 0.29) is 0 Å². The lowest BCUT2D eigenvalue weighted by atomic mass is 10.2. The predicted octanol–water partition coefficient (Wildman–Crippen LogP) is 5.27. The quantitative estimate of drug-likeness (QED) is 0.802. The third-order valence-electron chi connectivity index (χ3n) is 2.54. The van der Waals surface area contributed by atoms with Crippen LogP contribution in [0.1, 0.15) is 5.56 Å². The first-order valence-electron chi connectivity index (χ1n) is 5.66. The van der Waals surface area contributed by atoms with E-state index in [4.69, 9.17) is 27.9 Å². The number of nitrogens with one attached hydrogen (secondary N) is 1. The van der Waals surface area contributed by atoms with E-state index in [0.29, 0.717) is 28.1 Å². The van der Waals surface area contributed by atoms with Crippen molar-refractivity contribution in [3.8, 4) is 11.5 Å². The van der Waals surface area contributed by atoms with Gasteiger partial charge in [0.25, 0.3) is 0 Å². The number of hydrogen-bond donors (Lipinski definition) is 1. The molecule has 0 saturated heterocycles. The molecule has 2 nitrogen and oxygen atoms in total. The van der Waals surface area contributed by atoms with Gasteiger partial charge in [-0.05, 0) is 37.4 Å². The molecule has 2 aromatic carbocycles. The maximum absolute atomic E-state index is 6.18. The van der Waals surface area contributed by atoms with Crippen LogP contribution in [0.15, 0.2) is 40.9 Å². The molecule has 0 aliphatic carbocycles. The molecule has 2 aromatic rings. The Labute approximate surface area is 130 Å². The summed E-state index contributed by atoms with van der Waals surface area (Å²) in [5.74, 6) is 1.29. The van der Waals surface area contributed by atoms with Crippen molar-refractivity contribution in [2.75, 3.05) is 7.05 Å². The minimum Gasteiger partial charge on any atom is -0.455 e. The number of rotatable bonds is 4. The van der Waals surface area contributed by atoms with Gasteiger partial charge in [0.2, 0.25) is 0 Å². The predicted molar refractivity (Wildman–Crippen MR) is 83.4 cm³/mol. The van der Waals surface area contributed by atoms with E-state index in [0.717, 1.165) is 10.0 Å². The Bertz CT molecular complexity index is 590. The summed E-state index contributed by atoms with van der Waals surface area (Å²) in [5, 5.41) is 4.29. The molecule has 0 aliphatic rings. The fourth-order valence-electron chi connectivity index (χ4n) is 1.66. The fraction of sp³-hybridized carbons (Fsp3) is 0.143. The van der Waals surface area contributed by atoms with Crippen molar-refractivity contribution in [1.82, 2.24) is 5.32 Å². The summed E-state index contributed by atoms with van der Waals surface area (Å²) in [6, 6.07) is 11.0. The first kappa shape index (κ1) is 14.7. The van der Waals surface area contributed by atoms with Gasteiger partial charge in [-0.1, -0.05) is 45.2 Å². The summed E-state index contributed by atoms with van der Waals surface area (Å²) in [7, 11) is 1.86. The summed E-state index contributed by atoms with van der Waals surface area (Å²) in [6.45, 7) is 0.626. The van der Waals surface area contributed by atoms with Crippen LogP contribution in [0.5, 0.6) is 11.5 Å². The van der Waals surface area contributed by atoms with E-state index in [9.17, 15) is 0 Å². The van der Waals surface area contributed by atoms with E-state index in [1.165, 1.54) is 0 Å². The third-order valence-corrected chi connectivity index (χ3v) is 3.70. The van der Waals surface area contributed by atoms with Gasteiger partial charge in [0.1, 0.15) is 11.5 Å². The molecule has 0 spiro atoms. The molecule has 0 saturated carbocycles. The molecule has 19 heavy (non-hydrogen) atoms. The van der Waals surface area contributed by atoms with Gasteiger partial charge in [-0.2, -0.15) is 0 Å². The van der Waals surface area contributed by atoms with E-state index in [1.807, 2.05) is 37.4 Å². The molecule has 0 atom stereocenters. The van der Waals surface area contributed by atoms with Gasteiger partial charge in [-0.15, -0.1) is 0 Å². The Hall–Kier alpha value is -0.740. The van der Waals surface area contributed by atoms with E-state index in [1.54, 1.807) is 6.07 Å². The smallest absolute Gasteiger partial charge is 0.147 e. The Morgan fingerprint density at radius 1 is 1.11 bits per heavy atom. The second-order valence-corrected chi connectivity index (χ2v) is 5.65. The number of hydrogen-bond acceptors (Lipinski definition) is 2. The van der Waals surface area contributed by atoms with Crippen LogP contribution >= 0.6 is 39.1 Å². The molecular weight excluding hydrogens is 349 g/mol. The minimum atomic E-state index is 0.554. The molecule has 0 bridgehead atoms. The zero-order chi connectivity index (χ0) is 13.8. The lowest BCUT2D eigenvalue weighted by Crippen LogP contribution is -2.07. The maximum Gasteiger partial charge on any atom is 0.147 e. The molecule has 2 rings (SSSR count). The summed E-state index contributed by atoms with van der Waals surface area (Å²) < 4.78 is 6.77. The van der Waals surface area contributed by atoms with Gasteiger partial charge in [0, 0.05) is 21.6 Å². The SMILES string of the molecule is CNCc1c(Cl)cccc1Oc1cc(Br)ccc1Cl. The van der Waals surface area contributed by atoms with Crippen LogP contribution in [0.25, 0.3) is 0 Å². The molecule has 0 unspecified atom stereocenters. The lowest BCUT2D eigenvalue weighted by molar-refractivity contribution is 0.474. The van der Waals surface area contributed by atoms with Crippen molar-refractivity contribution in [1.29, 1.82) is 0 Å². The van der Waals surface area contributed by atoms with Gasteiger partial charge < -0.3 is 10.1 Å². The molecule has 0 amide bonds. The molecule has 0 aromatic heterocycles. The van der Waals surface area contributed by atoms with Crippen LogP contribution in [0.3, 0.4) is 0 Å². The number of benzene rings is 2. The third kappa shape index (κ3) is 3.63. The maximum atomic E-state index is 6.18. The highest BCUT2D eigenvalue weighted by Gasteiger charge is 2.10. The highest BCUT2D eigenvalue weighted by molar-refractivity contribution is 9.10. The highest BCUT2D eigenvalue weighted by atomic mass is 79.9. The van der Waals surface area contributed by atoms with Crippen molar-refractivity contribution in [2.45, 2.75) is 6.54 Å². The first-order valence-corrected chi connectivity index (χ1v) is 7.21. The topological polar surface area (TPSA) is 21.3 Å². The van der Waals surface area contributed by atoms with Gasteiger partial charge in [-0.25, -0.2) is 0 Å². The molecule has 0 aliphatic heterocycles. The first-order chi connectivity index (χ1) is 9.11. The second kappa shape index (κ2) is 6.62. The molecule has 0 heterocycles. The van der Waals surface area contributed by atoms with Crippen molar-refractivity contribution >= 4 is 39.1 Å². The van der Waals surface area contributed by atoms with Crippen molar-refractivity contribution in [3.05, 3.63) is 56.5 Å². The van der Waals surface area contributed by atoms with E-state index in [2.05, 4.69) is 21.2 Å². The Kier molecular flexibility index (Phi) is 5.11. The van der Waals surface area contributed by atoms with Gasteiger partial charge >= 0.3 is 0 Å². The number of halogens is 3. The van der Waals surface area contributed by atoms with Gasteiger partial charge in [0.05, 0.1) is 5.02 Å². The average molecular weight is 361 g/mol. The summed E-state index contributed by atoms with van der Waals surface area (Å²) in [4.78, 5) is 0. The Balaban J connectivity index is 2.37. The van der Waals surface area contributed by atoms with Crippen LogP contribution in [-0.2, 0) is 6.54 Å². The summed E-state index contributed by atoms with van der Waals surface area (Å²) in [6.07, 6.45) is 0. The van der Waals surface area contributed by atoms with E-state index < -0.39 is 0 Å². The van der Waals surface area contributed by atoms with E-state index >= 15 is 0 Å². The van der Waals surface area contributed by atoms with Crippen LogP contribution < -0.4 is 10.1 Å². The molecule has 1 N–H and O–H groups in total. The van der Waals surface area contributed by atoms with Crippen LogP contribution in [0.4, 0.5) is 0 Å². The minimum absolute atomic E-state index is 0.554. The van der Waals surface area contributed by atoms with Crippen molar-refractivity contribution < 1.29 is 4.74 Å². The summed E-state index contributed by atoms with van der Waals surface area (Å²) >= 11 is 15.7. The second-order valence-electron chi connectivity index (χ2n) is 3.92. The van der Waals surface area contributed by atoms with Gasteiger partial charge in [0.15, 0.2) is 0 Å². The van der Waals surface area contributed by atoms with Gasteiger partial charge in [-0.3, -0.25) is 0 Å². The van der Waals surface area contributed by atoms with Crippen LogP contribution in [-0.4, -0.2) is 7.05 Å². The fourth-order valence-corrected chi connectivity index (χ4v) is 2.39. The largest absolute Gasteiger partial charge is 0.455 e. The molecular formula is C14H12BrCl2NO. The standard InChI is InChI=1S/C14H12BrCl2NO/c1-18-8-10-11(16)3-2-4-13(10)19-14-7-9(15)5-6-12(14)17/h2-7,18H,8H2,1H3. The zero-order valence-electron chi connectivity index (χ0n) is 10.2. The average Bonchev–Trinajstić information content (AvgIpc) is 2.38. The molecule has 100 valence electrons. The lowest BCUT2D eigenvalue weighted by Gasteiger charge is -2.13. The highest BCUT2D eigenvalue weighted by Crippen LogP contribution is 2.35. The molecule has 5 heteroatoms.